The van der Waals surface area contributed by atoms with Crippen LogP contribution in [0.15, 0.2) is 24.9 Å². The highest BCUT2D eigenvalue weighted by atomic mass is 16.5. The zero-order valence-corrected chi connectivity index (χ0v) is 14.7. The van der Waals surface area contributed by atoms with Gasteiger partial charge in [-0.3, -0.25) is 14.3 Å². The molecule has 2 aliphatic rings. The molecule has 0 aromatic carbocycles. The average Bonchev–Trinajstić information content (AvgIpc) is 3.08. The average molecular weight is 346 g/mol. The number of nitrogens with one attached hydrogen (secondary N) is 1. The van der Waals surface area contributed by atoms with Crippen molar-refractivity contribution in [2.24, 2.45) is 5.92 Å². The van der Waals surface area contributed by atoms with E-state index < -0.39 is 0 Å². The molecule has 136 valence electrons. The van der Waals surface area contributed by atoms with E-state index in [1.807, 2.05) is 17.8 Å². The summed E-state index contributed by atoms with van der Waals surface area (Å²) in [6, 6.07) is 2.13. The maximum absolute atomic E-state index is 12.4. The van der Waals surface area contributed by atoms with Crippen molar-refractivity contribution >= 4 is 11.8 Å². The van der Waals surface area contributed by atoms with Crippen molar-refractivity contribution in [3.63, 3.8) is 0 Å². The highest BCUT2D eigenvalue weighted by Crippen LogP contribution is 2.22. The van der Waals surface area contributed by atoms with Crippen LogP contribution in [0.4, 0.5) is 0 Å². The molecule has 2 fully saturated rings. The summed E-state index contributed by atoms with van der Waals surface area (Å²) < 4.78 is 7.24. The van der Waals surface area contributed by atoms with Crippen LogP contribution in [-0.4, -0.2) is 58.8 Å². The van der Waals surface area contributed by atoms with Gasteiger partial charge in [-0.05, 0) is 44.2 Å². The summed E-state index contributed by atoms with van der Waals surface area (Å²) in [6.45, 7) is 8.46. The van der Waals surface area contributed by atoms with Crippen LogP contribution < -0.4 is 5.32 Å². The number of hydrogen-bond acceptors (Lipinski definition) is 4. The molecule has 3 heterocycles. The summed E-state index contributed by atoms with van der Waals surface area (Å²) >= 11 is 0. The lowest BCUT2D eigenvalue weighted by Crippen LogP contribution is -2.51. The van der Waals surface area contributed by atoms with Crippen LogP contribution in [0.3, 0.4) is 0 Å². The third kappa shape index (κ3) is 4.28. The van der Waals surface area contributed by atoms with E-state index in [1.165, 1.54) is 6.08 Å². The van der Waals surface area contributed by atoms with E-state index in [4.69, 9.17) is 4.74 Å². The Labute approximate surface area is 148 Å². The minimum Gasteiger partial charge on any atom is -0.381 e. The molecule has 25 heavy (non-hydrogen) atoms. The number of hydrogen-bond donors (Lipinski definition) is 1. The molecule has 1 atom stereocenters. The van der Waals surface area contributed by atoms with Crippen molar-refractivity contribution in [1.82, 2.24) is 20.0 Å². The normalized spacial score (nSPS) is 20.0. The lowest BCUT2D eigenvalue weighted by molar-refractivity contribution is -0.132. The van der Waals surface area contributed by atoms with Gasteiger partial charge in [-0.25, -0.2) is 0 Å². The maximum atomic E-state index is 12.4. The molecule has 2 amide bonds. The van der Waals surface area contributed by atoms with E-state index >= 15 is 0 Å². The Kier molecular flexibility index (Phi) is 5.53. The van der Waals surface area contributed by atoms with Crippen LogP contribution in [-0.2, 0) is 9.53 Å². The Morgan fingerprint density at radius 1 is 1.44 bits per heavy atom. The predicted molar refractivity (Wildman–Crippen MR) is 93.1 cm³/mol. The van der Waals surface area contributed by atoms with E-state index in [9.17, 15) is 9.59 Å². The van der Waals surface area contributed by atoms with E-state index in [2.05, 4.69) is 17.0 Å². The third-order valence-electron chi connectivity index (χ3n) is 4.91. The van der Waals surface area contributed by atoms with E-state index in [1.54, 1.807) is 11.0 Å². The van der Waals surface area contributed by atoms with Gasteiger partial charge in [0.1, 0.15) is 5.69 Å². The first-order chi connectivity index (χ1) is 12.1. The number of likely N-dealkylation sites (tertiary alicyclic amines) is 1. The molecule has 7 heteroatoms. The first-order valence-corrected chi connectivity index (χ1v) is 8.92. The fourth-order valence-corrected chi connectivity index (χ4v) is 3.50. The zero-order chi connectivity index (χ0) is 17.8. The van der Waals surface area contributed by atoms with Gasteiger partial charge >= 0.3 is 0 Å². The first-order valence-electron chi connectivity index (χ1n) is 8.92. The van der Waals surface area contributed by atoms with Crippen LogP contribution in [0.2, 0.25) is 0 Å². The minimum absolute atomic E-state index is 0.0217. The van der Waals surface area contributed by atoms with Crippen molar-refractivity contribution < 1.29 is 14.3 Å². The van der Waals surface area contributed by atoms with Gasteiger partial charge in [0.2, 0.25) is 5.91 Å². The van der Waals surface area contributed by atoms with E-state index in [-0.39, 0.29) is 17.9 Å². The van der Waals surface area contributed by atoms with Gasteiger partial charge in [-0.2, -0.15) is 5.10 Å². The fourth-order valence-electron chi connectivity index (χ4n) is 3.50. The molecule has 0 aliphatic carbocycles. The molecule has 2 aliphatic heterocycles. The molecular formula is C18H26N4O3. The Bertz CT molecular complexity index is 630. The molecule has 0 radical (unpaired) electrons. The number of rotatable bonds is 6. The van der Waals surface area contributed by atoms with Gasteiger partial charge in [-0.15, -0.1) is 0 Å². The highest BCUT2D eigenvalue weighted by Gasteiger charge is 2.30. The summed E-state index contributed by atoms with van der Waals surface area (Å²) in [5, 5.41) is 7.44. The summed E-state index contributed by atoms with van der Waals surface area (Å²) in [5.41, 5.74) is 0.454. The maximum Gasteiger partial charge on any atom is 0.271 e. The minimum atomic E-state index is -0.142. The first kappa shape index (κ1) is 17.7. The summed E-state index contributed by atoms with van der Waals surface area (Å²) in [4.78, 5) is 25.6. The van der Waals surface area contributed by atoms with Crippen molar-refractivity contribution in [3.8, 4) is 0 Å². The Balaban J connectivity index is 1.45. The predicted octanol–water partition coefficient (Wildman–Crippen LogP) is 1.39. The molecule has 0 saturated carbocycles. The second-order valence-corrected chi connectivity index (χ2v) is 6.95. The molecule has 0 spiro atoms. The van der Waals surface area contributed by atoms with Gasteiger partial charge in [0, 0.05) is 38.5 Å². The topological polar surface area (TPSA) is 76.5 Å². The van der Waals surface area contributed by atoms with Crippen molar-refractivity contribution in [3.05, 3.63) is 30.6 Å². The van der Waals surface area contributed by atoms with Gasteiger partial charge in [0.25, 0.3) is 5.91 Å². The lowest BCUT2D eigenvalue weighted by atomic mass is 9.92. The largest absolute Gasteiger partial charge is 0.381 e. The number of amides is 2. The van der Waals surface area contributed by atoms with Crippen LogP contribution in [0.1, 0.15) is 42.7 Å². The number of carbonyl (C=O) groups is 2. The third-order valence-corrected chi connectivity index (χ3v) is 4.91. The van der Waals surface area contributed by atoms with Gasteiger partial charge < -0.3 is 15.0 Å². The molecule has 7 nitrogen and oxygen atoms in total. The quantitative estimate of drug-likeness (QED) is 0.790. The standard InChI is InChI=1S/C18H26N4O3/c1-3-17(23)21-11-14(12-21)10-13(2)19-18(24)16-4-7-22(20-16)15-5-8-25-9-6-15/h3-4,7,13-15H,1,5-6,8-12H2,2H3,(H,19,24). The molecule has 1 N–H and O–H groups in total. The molecule has 1 unspecified atom stereocenters. The van der Waals surface area contributed by atoms with Crippen molar-refractivity contribution in [1.29, 1.82) is 0 Å². The van der Waals surface area contributed by atoms with E-state index in [0.29, 0.717) is 17.7 Å². The van der Waals surface area contributed by atoms with Crippen LogP contribution in [0.5, 0.6) is 0 Å². The number of carbonyl (C=O) groups excluding carboxylic acids is 2. The molecule has 1 aromatic heterocycles. The van der Waals surface area contributed by atoms with Crippen LogP contribution >= 0.6 is 0 Å². The van der Waals surface area contributed by atoms with Crippen LogP contribution in [0, 0.1) is 5.92 Å². The fraction of sp³-hybridized carbons (Fsp3) is 0.611. The summed E-state index contributed by atoms with van der Waals surface area (Å²) in [7, 11) is 0. The Morgan fingerprint density at radius 2 is 2.16 bits per heavy atom. The van der Waals surface area contributed by atoms with Crippen LogP contribution in [0.25, 0.3) is 0 Å². The van der Waals surface area contributed by atoms with Gasteiger partial charge in [-0.1, -0.05) is 6.58 Å². The van der Waals surface area contributed by atoms with Crippen molar-refractivity contribution in [2.45, 2.75) is 38.3 Å². The summed E-state index contributed by atoms with van der Waals surface area (Å²) in [5.74, 6) is 0.266. The second kappa shape index (κ2) is 7.82. The monoisotopic (exact) mass is 346 g/mol. The molecule has 2 saturated heterocycles. The number of ether oxygens (including phenoxy) is 1. The summed E-state index contributed by atoms with van der Waals surface area (Å²) in [6.07, 6.45) is 5.94. The van der Waals surface area contributed by atoms with Gasteiger partial charge in [0.15, 0.2) is 0 Å². The molecule has 1 aromatic rings. The highest BCUT2D eigenvalue weighted by molar-refractivity contribution is 5.92. The zero-order valence-electron chi connectivity index (χ0n) is 14.7. The molecule has 0 bridgehead atoms. The molecule has 3 rings (SSSR count). The Morgan fingerprint density at radius 3 is 2.84 bits per heavy atom. The number of aromatic nitrogens is 2. The Hall–Kier alpha value is -2.15. The SMILES string of the molecule is C=CC(=O)N1CC(CC(C)NC(=O)c2ccn(C3CCOCC3)n2)C1. The smallest absolute Gasteiger partial charge is 0.271 e. The lowest BCUT2D eigenvalue weighted by Gasteiger charge is -2.39. The van der Waals surface area contributed by atoms with E-state index in [0.717, 1.165) is 45.6 Å². The number of nitrogens with zero attached hydrogens (tertiary/aromatic N) is 3. The molecular weight excluding hydrogens is 320 g/mol. The van der Waals surface area contributed by atoms with Gasteiger partial charge in [0.05, 0.1) is 6.04 Å². The second-order valence-electron chi connectivity index (χ2n) is 6.95. The van der Waals surface area contributed by atoms with Crippen molar-refractivity contribution in [2.75, 3.05) is 26.3 Å².